The summed E-state index contributed by atoms with van der Waals surface area (Å²) in [5.41, 5.74) is -5.72. The number of benzene rings is 5. The number of halogens is 5. The van der Waals surface area contributed by atoms with E-state index in [9.17, 15) is 67.6 Å². The highest BCUT2D eigenvalue weighted by Crippen LogP contribution is 2.55. The molecule has 0 amide bonds. The van der Waals surface area contributed by atoms with Crippen molar-refractivity contribution in [2.45, 2.75) is 184 Å². The van der Waals surface area contributed by atoms with Gasteiger partial charge < -0.3 is 42.4 Å². The molecular weight excluding hydrogens is 1350 g/mol. The van der Waals surface area contributed by atoms with Crippen molar-refractivity contribution in [2.24, 2.45) is 28.6 Å². The van der Waals surface area contributed by atoms with Crippen LogP contribution in [0.3, 0.4) is 0 Å². The van der Waals surface area contributed by atoms with Crippen LogP contribution < -0.4 is 4.74 Å². The molecule has 3 fully saturated rings. The number of ether oxygens (including phenoxy) is 7. The van der Waals surface area contributed by atoms with Crippen LogP contribution in [0.4, 0.5) is 22.0 Å². The number of aromatic hydroxyl groups is 1. The lowest BCUT2D eigenvalue weighted by Crippen LogP contribution is -2.41. The fourth-order valence-corrected chi connectivity index (χ4v) is 13.6. The van der Waals surface area contributed by atoms with E-state index in [2.05, 4.69) is 128 Å². The molecule has 3 aliphatic rings. The van der Waals surface area contributed by atoms with Crippen molar-refractivity contribution in [2.75, 3.05) is 26.4 Å². The highest BCUT2D eigenvalue weighted by molar-refractivity contribution is 8.13. The van der Waals surface area contributed by atoms with Gasteiger partial charge in [0.15, 0.2) is 47.9 Å². The number of carbonyl (C=O) groups is 6. The van der Waals surface area contributed by atoms with Crippen LogP contribution in [0.1, 0.15) is 151 Å². The normalized spacial score (nSPS) is 17.8. The Morgan fingerprint density at radius 3 is 1.43 bits per heavy atom. The number of phenols is 1. The van der Waals surface area contributed by atoms with E-state index in [1.54, 1.807) is 32.9 Å². The SMILES string of the molecule is CCC(C)(C)C(=O)OCC(=O)OC1C2CC3C(=O)OC1C3C2.CCC(C)(C)C(=O)OCCOC(=O)C(F)(F)S(=O)(=O)[N-]S(=O)(=O)C(F)(F)F.CCC(C)c1ccc(O)cc1.CCC(C)c1ccc(OCC(=O)OC(C)(C)C)cc1.c1ccc([S+](c2ccccc2)c2ccccc2)cc1. The van der Waals surface area contributed by atoms with Crippen molar-refractivity contribution in [1.82, 2.24) is 0 Å². The average Bonchev–Trinajstić information content (AvgIpc) is 1.55. The van der Waals surface area contributed by atoms with Gasteiger partial charge in [0.25, 0.3) is 0 Å². The number of fused-ring (bicyclic) bond motifs is 1. The van der Waals surface area contributed by atoms with Gasteiger partial charge in [0, 0.05) is 11.8 Å². The van der Waals surface area contributed by atoms with Crippen LogP contribution in [-0.4, -0.2) is 113 Å². The molecule has 0 radical (unpaired) electrons. The molecule has 1 N–H and O–H groups in total. The molecule has 1 saturated heterocycles. The highest BCUT2D eigenvalue weighted by Gasteiger charge is 2.63. The smallest absolute Gasteiger partial charge is 0.480 e. The number of nitrogens with zero attached hydrogens (tertiary/aromatic N) is 1. The van der Waals surface area contributed by atoms with Crippen LogP contribution in [0.25, 0.3) is 4.13 Å². The summed E-state index contributed by atoms with van der Waals surface area (Å²) in [7, 11) is -13.6. The predicted octanol–water partition coefficient (Wildman–Crippen LogP) is 14.7. The Morgan fingerprint density at radius 1 is 0.582 bits per heavy atom. The monoisotopic (exact) mass is 1440 g/mol. The summed E-state index contributed by atoms with van der Waals surface area (Å²) in [6, 6.07) is 47.5. The van der Waals surface area contributed by atoms with Gasteiger partial charge in [-0.2, -0.15) is 22.0 Å². The van der Waals surface area contributed by atoms with E-state index < -0.39 is 84.3 Å². The maximum Gasteiger partial charge on any atom is 0.480 e. The molecule has 7 unspecified atom stereocenters. The Labute approximate surface area is 574 Å². The van der Waals surface area contributed by atoms with E-state index in [1.165, 1.54) is 39.7 Å². The number of sulfonamides is 2. The molecule has 2 bridgehead atoms. The first-order valence-electron chi connectivity index (χ1n) is 31.9. The van der Waals surface area contributed by atoms with Crippen molar-refractivity contribution < 1.29 is 106 Å². The summed E-state index contributed by atoms with van der Waals surface area (Å²) in [6.45, 7) is 22.0. The number of rotatable bonds is 24. The first-order valence-corrected chi connectivity index (χ1v) is 36.0. The molecule has 98 heavy (non-hydrogen) atoms. The maximum absolute atomic E-state index is 13.4. The Bertz CT molecular complexity index is 3520. The molecule has 0 spiro atoms. The molecule has 2 saturated carbocycles. The fraction of sp³-hybridized carbons (Fsp3) is 0.493. The summed E-state index contributed by atoms with van der Waals surface area (Å²) in [4.78, 5) is 73.7. The van der Waals surface area contributed by atoms with Crippen molar-refractivity contribution in [1.29, 1.82) is 0 Å². The van der Waals surface area contributed by atoms with Crippen molar-refractivity contribution in [3.63, 3.8) is 0 Å². The number of hydrogen-bond donors (Lipinski definition) is 1. The van der Waals surface area contributed by atoms with Gasteiger partial charge in [-0.05, 0) is 171 Å². The largest absolute Gasteiger partial charge is 0.508 e. The number of carbonyl (C=O) groups excluding carboxylic acids is 6. The second-order valence-electron chi connectivity index (χ2n) is 25.6. The van der Waals surface area contributed by atoms with Gasteiger partial charge in [-0.1, -0.05) is 120 Å². The molecule has 27 heteroatoms. The molecule has 8 rings (SSSR count). The van der Waals surface area contributed by atoms with Gasteiger partial charge in [-0.3, -0.25) is 14.4 Å². The van der Waals surface area contributed by atoms with Crippen LogP contribution in [0.5, 0.6) is 11.5 Å². The third kappa shape index (κ3) is 24.4. The Hall–Kier alpha value is -7.62. The van der Waals surface area contributed by atoms with E-state index in [4.69, 9.17) is 28.8 Å². The number of hydrogen-bond acceptors (Lipinski definition) is 18. The standard InChI is InChI=1S/C18H15S.C16H22O6.C16H24O3.C11H15F5NO8S2.C10H14O/c1-4-10-16(11-5-1)19(17-12-6-2-7-13-17)18-14-8-3-9-15-18;1-4-16(2,3)15(19)20-7-11(17)21-12-8-5-9-10(6-8)14(18)22-13(9)12;1-6-12(2)13-7-9-14(10-8-13)18-11-15(17)19-16(3,4)5;1-4-9(2,3)7(18)24-5-6-25-8(19)10(12,13)26(20,21)17-27(22,23)11(14,15)16;1-3-8(2)9-4-6-10(11)7-5-9/h1-15H;8-10,12-13H,4-7H2,1-3H3;7-10,12H,6,11H2,1-5H3;4-6H2,1-3H3;4-8,11H,3H2,1-2H3/q+1;;;-1;. The maximum atomic E-state index is 13.4. The van der Waals surface area contributed by atoms with E-state index in [-0.39, 0.29) is 66.0 Å². The number of esters is 6. The second kappa shape index (κ2) is 36.5. The lowest BCUT2D eigenvalue weighted by molar-refractivity contribution is -0.172. The minimum absolute atomic E-state index is 0.00636. The highest BCUT2D eigenvalue weighted by atomic mass is 32.3. The molecule has 5 aromatic carbocycles. The van der Waals surface area contributed by atoms with Crippen molar-refractivity contribution >= 4 is 66.8 Å². The Balaban J connectivity index is 0.000000266. The predicted molar refractivity (Wildman–Crippen MR) is 357 cm³/mol. The van der Waals surface area contributed by atoms with Gasteiger partial charge >= 0.3 is 46.6 Å². The topological polar surface area (TPSA) is 270 Å². The minimum Gasteiger partial charge on any atom is -0.508 e. The molecule has 7 atom stereocenters. The van der Waals surface area contributed by atoms with E-state index >= 15 is 0 Å². The molecule has 540 valence electrons. The van der Waals surface area contributed by atoms with E-state index in [1.807, 2.05) is 64.1 Å². The summed E-state index contributed by atoms with van der Waals surface area (Å²) in [5.74, 6) is -2.62. The molecule has 19 nitrogen and oxygen atoms in total. The summed E-state index contributed by atoms with van der Waals surface area (Å²) in [6.07, 6.45) is 4.16. The minimum atomic E-state index is -6.85. The Morgan fingerprint density at radius 2 is 1.01 bits per heavy atom. The van der Waals surface area contributed by atoms with Crippen LogP contribution in [0, 0.1) is 28.6 Å². The summed E-state index contributed by atoms with van der Waals surface area (Å²) >= 11 is 0. The fourth-order valence-electron chi connectivity index (χ4n) is 9.49. The molecular formula is C71H90F5NO18S3. The second-order valence-corrected chi connectivity index (χ2v) is 31.1. The zero-order chi connectivity index (χ0) is 73.6. The molecule has 0 aromatic heterocycles. The van der Waals surface area contributed by atoms with Crippen LogP contribution in [-0.2, 0) is 88.1 Å². The van der Waals surface area contributed by atoms with Gasteiger partial charge in [0.2, 0.25) is 0 Å². The van der Waals surface area contributed by atoms with Crippen LogP contribution in [0.2, 0.25) is 0 Å². The lowest BCUT2D eigenvalue weighted by atomic mass is 9.88. The van der Waals surface area contributed by atoms with Crippen molar-refractivity contribution in [3.8, 4) is 11.5 Å². The molecule has 5 aromatic rings. The van der Waals surface area contributed by atoms with Crippen LogP contribution >= 0.6 is 0 Å². The lowest BCUT2D eigenvalue weighted by Gasteiger charge is -2.26. The molecule has 2 aliphatic carbocycles. The van der Waals surface area contributed by atoms with Crippen molar-refractivity contribution in [3.05, 3.63) is 155 Å². The van der Waals surface area contributed by atoms with Gasteiger partial charge in [0.05, 0.1) is 27.6 Å². The third-order valence-corrected chi connectivity index (χ3v) is 21.5. The quantitative estimate of drug-likeness (QED) is 0.0198. The Kier molecular flexibility index (Phi) is 30.8. The summed E-state index contributed by atoms with van der Waals surface area (Å²) in [5, 5.41) is 3.29. The van der Waals surface area contributed by atoms with Gasteiger partial charge in [0.1, 0.15) is 42.5 Å². The molecule has 1 heterocycles. The molecule has 1 aliphatic heterocycles. The first kappa shape index (κ1) is 82.8. The average molecular weight is 1440 g/mol. The van der Waals surface area contributed by atoms with E-state index in [0.717, 1.165) is 29.8 Å². The summed E-state index contributed by atoms with van der Waals surface area (Å²) < 4.78 is 142. The van der Waals surface area contributed by atoms with Crippen LogP contribution in [0.15, 0.2) is 154 Å². The van der Waals surface area contributed by atoms with E-state index in [0.29, 0.717) is 36.2 Å². The number of phenolic OH excluding ortho intramolecular Hbond substituents is 1. The zero-order valence-corrected chi connectivity index (χ0v) is 59.8. The third-order valence-electron chi connectivity index (χ3n) is 16.3. The first-order chi connectivity index (χ1) is 45.6. The van der Waals surface area contributed by atoms with Gasteiger partial charge in [-0.25, -0.2) is 31.2 Å². The zero-order valence-electron chi connectivity index (χ0n) is 57.3. The van der Waals surface area contributed by atoms with Gasteiger partial charge in [-0.15, -0.1) is 0 Å². The number of alkyl halides is 5.